The molecule has 2 aliphatic heterocycles. The van der Waals surface area contributed by atoms with Gasteiger partial charge >= 0.3 is 0 Å². The van der Waals surface area contributed by atoms with Crippen molar-refractivity contribution < 1.29 is 9.90 Å². The number of benzene rings is 1. The number of amides is 1. The standard InChI is InChI=1S/C23H32N4O3/c1-16(2)25-11-8-21-24-20-15-17(6-7-19(20)23(30)27(21)13-12-25)22(29)26-10-4-3-5-18(26)9-14-28/h6-7,15-16,18,28H,3-5,8-14H2,1-2H3/t18-/m1/s1. The van der Waals surface area contributed by atoms with Crippen LogP contribution in [0.4, 0.5) is 0 Å². The summed E-state index contributed by atoms with van der Waals surface area (Å²) in [5, 5.41) is 9.93. The Hall–Kier alpha value is -2.25. The summed E-state index contributed by atoms with van der Waals surface area (Å²) in [6, 6.07) is 5.80. The molecule has 162 valence electrons. The Bertz CT molecular complexity index is 982. The first kappa shape index (κ1) is 21.0. The van der Waals surface area contributed by atoms with Gasteiger partial charge in [-0.1, -0.05) is 0 Å². The molecule has 0 aliphatic carbocycles. The monoisotopic (exact) mass is 412 g/mol. The maximum absolute atomic E-state index is 13.2. The van der Waals surface area contributed by atoms with Crippen molar-refractivity contribution in [3.8, 4) is 0 Å². The van der Waals surface area contributed by atoms with Crippen LogP contribution >= 0.6 is 0 Å². The highest BCUT2D eigenvalue weighted by atomic mass is 16.3. The Morgan fingerprint density at radius 3 is 2.80 bits per heavy atom. The van der Waals surface area contributed by atoms with Crippen LogP contribution in [0.25, 0.3) is 10.9 Å². The largest absolute Gasteiger partial charge is 0.396 e. The molecule has 1 aromatic carbocycles. The Morgan fingerprint density at radius 1 is 1.20 bits per heavy atom. The number of aromatic nitrogens is 2. The van der Waals surface area contributed by atoms with E-state index in [1.165, 1.54) is 0 Å². The zero-order valence-electron chi connectivity index (χ0n) is 18.0. The molecule has 1 aromatic heterocycles. The second-order valence-electron chi connectivity index (χ2n) is 8.76. The van der Waals surface area contributed by atoms with E-state index in [4.69, 9.17) is 4.98 Å². The quantitative estimate of drug-likeness (QED) is 0.831. The van der Waals surface area contributed by atoms with Crippen LogP contribution in [0.15, 0.2) is 23.0 Å². The maximum Gasteiger partial charge on any atom is 0.261 e. The van der Waals surface area contributed by atoms with Crippen LogP contribution in [-0.2, 0) is 13.0 Å². The Labute approximate surface area is 177 Å². The van der Waals surface area contributed by atoms with Gasteiger partial charge in [-0.15, -0.1) is 0 Å². The number of hydrogen-bond acceptors (Lipinski definition) is 5. The molecule has 2 aromatic rings. The fourth-order valence-electron chi connectivity index (χ4n) is 4.80. The third kappa shape index (κ3) is 4.01. The highest BCUT2D eigenvalue weighted by Gasteiger charge is 2.27. The average molecular weight is 413 g/mol. The summed E-state index contributed by atoms with van der Waals surface area (Å²) < 4.78 is 1.80. The first-order chi connectivity index (χ1) is 14.5. The van der Waals surface area contributed by atoms with Crippen LogP contribution in [0.2, 0.25) is 0 Å². The average Bonchev–Trinajstić information content (AvgIpc) is 2.97. The van der Waals surface area contributed by atoms with Gasteiger partial charge in [-0.3, -0.25) is 19.1 Å². The van der Waals surface area contributed by atoms with Gasteiger partial charge in [0, 0.05) is 56.9 Å². The molecule has 4 rings (SSSR count). The molecule has 1 N–H and O–H groups in total. The smallest absolute Gasteiger partial charge is 0.261 e. The molecule has 30 heavy (non-hydrogen) atoms. The number of carbonyl (C=O) groups is 1. The zero-order chi connectivity index (χ0) is 21.3. The minimum atomic E-state index is -0.0297. The molecule has 1 fully saturated rings. The van der Waals surface area contributed by atoms with Crippen LogP contribution in [0.1, 0.15) is 55.7 Å². The van der Waals surface area contributed by atoms with Crippen molar-refractivity contribution in [2.75, 3.05) is 26.2 Å². The Balaban J connectivity index is 1.66. The SMILES string of the molecule is CC(C)N1CCc2nc3cc(C(=O)N4CCCC[C@@H]4CCO)ccc3c(=O)n2CC1. The molecule has 0 spiro atoms. The minimum absolute atomic E-state index is 0.0178. The number of aliphatic hydroxyl groups is 1. The molecule has 0 bridgehead atoms. The topological polar surface area (TPSA) is 78.7 Å². The van der Waals surface area contributed by atoms with Gasteiger partial charge in [-0.05, 0) is 57.7 Å². The first-order valence-electron chi connectivity index (χ1n) is 11.2. The summed E-state index contributed by atoms with van der Waals surface area (Å²) in [6.07, 6.45) is 4.34. The summed E-state index contributed by atoms with van der Waals surface area (Å²) in [4.78, 5) is 35.4. The lowest BCUT2D eigenvalue weighted by Crippen LogP contribution is -2.44. The van der Waals surface area contributed by atoms with E-state index in [1.807, 2.05) is 4.90 Å². The van der Waals surface area contributed by atoms with Crippen molar-refractivity contribution in [2.45, 2.75) is 64.6 Å². The van der Waals surface area contributed by atoms with Crippen LogP contribution < -0.4 is 5.56 Å². The molecular weight excluding hydrogens is 380 g/mol. The third-order valence-corrected chi connectivity index (χ3v) is 6.60. The summed E-state index contributed by atoms with van der Waals surface area (Å²) in [5.41, 5.74) is 1.16. The van der Waals surface area contributed by atoms with Gasteiger partial charge in [0.1, 0.15) is 5.82 Å². The predicted molar refractivity (Wildman–Crippen MR) is 117 cm³/mol. The Kier molecular flexibility index (Phi) is 6.20. The normalized spacial score (nSPS) is 20.4. The van der Waals surface area contributed by atoms with Crippen LogP contribution in [0.5, 0.6) is 0 Å². The molecule has 0 unspecified atom stereocenters. The van der Waals surface area contributed by atoms with Crippen LogP contribution in [0, 0.1) is 0 Å². The summed E-state index contributed by atoms with van der Waals surface area (Å²) in [7, 11) is 0. The summed E-state index contributed by atoms with van der Waals surface area (Å²) >= 11 is 0. The van der Waals surface area contributed by atoms with Gasteiger partial charge in [0.25, 0.3) is 11.5 Å². The number of hydrogen-bond donors (Lipinski definition) is 1. The second kappa shape index (κ2) is 8.86. The van der Waals surface area contributed by atoms with Gasteiger partial charge in [-0.25, -0.2) is 4.98 Å². The molecule has 0 radical (unpaired) electrons. The molecular formula is C23H32N4O3. The second-order valence-corrected chi connectivity index (χ2v) is 8.76. The zero-order valence-corrected chi connectivity index (χ0v) is 18.0. The van der Waals surface area contributed by atoms with E-state index in [0.717, 1.165) is 44.6 Å². The molecule has 7 heteroatoms. The van der Waals surface area contributed by atoms with Gasteiger partial charge in [0.15, 0.2) is 0 Å². The van der Waals surface area contributed by atoms with Gasteiger partial charge in [-0.2, -0.15) is 0 Å². The van der Waals surface area contributed by atoms with Crippen LogP contribution in [-0.4, -0.2) is 68.7 Å². The lowest BCUT2D eigenvalue weighted by Gasteiger charge is -2.35. The van der Waals surface area contributed by atoms with Gasteiger partial charge in [0.05, 0.1) is 10.9 Å². The highest BCUT2D eigenvalue weighted by Crippen LogP contribution is 2.23. The number of carbonyl (C=O) groups excluding carboxylic acids is 1. The number of nitrogens with zero attached hydrogens (tertiary/aromatic N) is 4. The number of aliphatic hydroxyl groups excluding tert-OH is 1. The number of piperidine rings is 1. The molecule has 1 amide bonds. The van der Waals surface area contributed by atoms with Crippen molar-refractivity contribution in [2.24, 2.45) is 0 Å². The van der Waals surface area contributed by atoms with E-state index in [9.17, 15) is 14.7 Å². The van der Waals surface area contributed by atoms with Crippen molar-refractivity contribution in [1.82, 2.24) is 19.4 Å². The number of fused-ring (bicyclic) bond motifs is 2. The van der Waals surface area contributed by atoms with E-state index in [1.54, 1.807) is 22.8 Å². The lowest BCUT2D eigenvalue weighted by atomic mass is 9.98. The Morgan fingerprint density at radius 2 is 2.03 bits per heavy atom. The first-order valence-corrected chi connectivity index (χ1v) is 11.2. The summed E-state index contributed by atoms with van der Waals surface area (Å²) in [6.45, 7) is 7.51. The van der Waals surface area contributed by atoms with E-state index in [2.05, 4.69) is 18.7 Å². The molecule has 7 nitrogen and oxygen atoms in total. The van der Waals surface area contributed by atoms with Crippen molar-refractivity contribution in [3.05, 3.63) is 39.9 Å². The molecule has 2 aliphatic rings. The van der Waals surface area contributed by atoms with E-state index < -0.39 is 0 Å². The lowest BCUT2D eigenvalue weighted by molar-refractivity contribution is 0.0575. The fraction of sp³-hybridized carbons (Fsp3) is 0.609. The molecule has 1 saturated heterocycles. The van der Waals surface area contributed by atoms with Crippen molar-refractivity contribution in [3.63, 3.8) is 0 Å². The molecule has 3 heterocycles. The number of rotatable bonds is 4. The molecule has 1 atom stereocenters. The fourth-order valence-corrected chi connectivity index (χ4v) is 4.80. The van der Waals surface area contributed by atoms with E-state index >= 15 is 0 Å². The molecule has 0 saturated carbocycles. The van der Waals surface area contributed by atoms with Gasteiger partial charge in [0.2, 0.25) is 0 Å². The van der Waals surface area contributed by atoms with E-state index in [-0.39, 0.29) is 24.1 Å². The highest BCUT2D eigenvalue weighted by molar-refractivity contribution is 5.98. The minimum Gasteiger partial charge on any atom is -0.396 e. The van der Waals surface area contributed by atoms with Crippen molar-refractivity contribution in [1.29, 1.82) is 0 Å². The third-order valence-electron chi connectivity index (χ3n) is 6.60. The van der Waals surface area contributed by atoms with E-state index in [0.29, 0.717) is 42.0 Å². The van der Waals surface area contributed by atoms with Gasteiger partial charge < -0.3 is 10.0 Å². The van der Waals surface area contributed by atoms with Crippen molar-refractivity contribution >= 4 is 16.8 Å². The predicted octanol–water partition coefficient (Wildman–Crippen LogP) is 2.04. The van der Waals surface area contributed by atoms with Crippen LogP contribution in [0.3, 0.4) is 0 Å². The summed E-state index contributed by atoms with van der Waals surface area (Å²) in [5.74, 6) is 0.772. The maximum atomic E-state index is 13.2. The number of likely N-dealkylation sites (tertiary alicyclic amines) is 1.